The Balaban J connectivity index is 1.32. The van der Waals surface area contributed by atoms with Crippen molar-refractivity contribution in [3.05, 3.63) is 188 Å². The molecular formula is C50H39BN2O. The molecule has 4 heteroatoms. The van der Waals surface area contributed by atoms with Gasteiger partial charge in [0.05, 0.1) is 5.69 Å². The van der Waals surface area contributed by atoms with Crippen molar-refractivity contribution >= 4 is 68.0 Å². The SMILES string of the molecule is CC(C)(C)c1cc2c3c(c1)N(c1ccccc1)c1cc(N(c4ccccc4)c4ccccc4)c4ccccc4c1B3c1ccc(-c3ccccc3)cc1O2. The summed E-state index contributed by atoms with van der Waals surface area (Å²) in [5, 5.41) is 2.42. The molecule has 2 heterocycles. The van der Waals surface area contributed by atoms with Crippen LogP contribution in [0.25, 0.3) is 21.9 Å². The number of fused-ring (bicyclic) bond motifs is 6. The molecule has 0 amide bonds. The summed E-state index contributed by atoms with van der Waals surface area (Å²) in [5.74, 6) is 1.84. The Kier molecular flexibility index (Phi) is 7.48. The molecule has 8 aromatic rings. The molecule has 0 unspecified atom stereocenters. The summed E-state index contributed by atoms with van der Waals surface area (Å²) in [7, 11) is 0. The highest BCUT2D eigenvalue weighted by molar-refractivity contribution is 7.00. The van der Waals surface area contributed by atoms with Gasteiger partial charge in [-0.15, -0.1) is 0 Å². The third-order valence-corrected chi connectivity index (χ3v) is 11.0. The molecule has 3 nitrogen and oxygen atoms in total. The van der Waals surface area contributed by atoms with E-state index in [9.17, 15) is 0 Å². The van der Waals surface area contributed by atoms with Crippen molar-refractivity contribution in [3.63, 3.8) is 0 Å². The van der Waals surface area contributed by atoms with E-state index in [-0.39, 0.29) is 12.1 Å². The van der Waals surface area contributed by atoms with Gasteiger partial charge in [0.2, 0.25) is 0 Å². The monoisotopic (exact) mass is 694 g/mol. The van der Waals surface area contributed by atoms with Crippen LogP contribution in [0.5, 0.6) is 11.5 Å². The third-order valence-electron chi connectivity index (χ3n) is 11.0. The third kappa shape index (κ3) is 5.21. The van der Waals surface area contributed by atoms with Crippen LogP contribution in [0.4, 0.5) is 34.1 Å². The Morgan fingerprint density at radius 1 is 0.500 bits per heavy atom. The fourth-order valence-electron chi connectivity index (χ4n) is 8.45. The number of anilines is 6. The minimum absolute atomic E-state index is 0.0478. The molecule has 0 saturated heterocycles. The van der Waals surface area contributed by atoms with E-state index in [0.717, 1.165) is 45.5 Å². The standard InChI is InChI=1S/C50H39BN2O/c1-50(2,3)36-31-44-49-47(32-36)54-46-30-35(34-18-8-4-9-19-34)28-29-42(46)51(49)48-41-27-17-16-26-40(41)43(33-45(48)53(44)39-24-14-7-15-25-39)52(37-20-10-5-11-21-37)38-22-12-6-13-23-38/h4-33H,1-3H3. The van der Waals surface area contributed by atoms with Crippen molar-refractivity contribution in [2.45, 2.75) is 26.2 Å². The predicted molar refractivity (Wildman–Crippen MR) is 229 cm³/mol. The Labute approximate surface area is 317 Å². The molecule has 2 aliphatic heterocycles. The van der Waals surface area contributed by atoms with Gasteiger partial charge in [0.1, 0.15) is 11.5 Å². The summed E-state index contributed by atoms with van der Waals surface area (Å²) in [6, 6.07) is 65.8. The zero-order valence-electron chi connectivity index (χ0n) is 30.7. The summed E-state index contributed by atoms with van der Waals surface area (Å²) in [6.45, 7) is 6.82. The highest BCUT2D eigenvalue weighted by Gasteiger charge is 2.44. The molecule has 0 aliphatic carbocycles. The molecule has 0 aromatic heterocycles. The first-order valence-electron chi connectivity index (χ1n) is 18.8. The van der Waals surface area contributed by atoms with Gasteiger partial charge in [-0.2, -0.15) is 0 Å². The number of hydrogen-bond acceptors (Lipinski definition) is 3. The van der Waals surface area contributed by atoms with Crippen LogP contribution in [-0.4, -0.2) is 6.71 Å². The highest BCUT2D eigenvalue weighted by Crippen LogP contribution is 2.48. The van der Waals surface area contributed by atoms with Crippen molar-refractivity contribution in [1.82, 2.24) is 0 Å². The quantitative estimate of drug-likeness (QED) is 0.167. The Bertz CT molecular complexity index is 2630. The maximum Gasteiger partial charge on any atom is 0.257 e. The summed E-state index contributed by atoms with van der Waals surface area (Å²) < 4.78 is 7.08. The lowest BCUT2D eigenvalue weighted by atomic mass is 9.33. The maximum absolute atomic E-state index is 7.08. The molecule has 0 spiro atoms. The molecule has 10 rings (SSSR count). The molecule has 0 saturated carbocycles. The van der Waals surface area contributed by atoms with Crippen molar-refractivity contribution in [1.29, 1.82) is 0 Å². The smallest absolute Gasteiger partial charge is 0.257 e. The number of ether oxygens (including phenoxy) is 1. The van der Waals surface area contributed by atoms with Crippen LogP contribution < -0.4 is 30.9 Å². The van der Waals surface area contributed by atoms with Gasteiger partial charge in [0, 0.05) is 33.8 Å². The van der Waals surface area contributed by atoms with E-state index in [1.54, 1.807) is 0 Å². The Hall–Kier alpha value is -6.52. The summed E-state index contributed by atoms with van der Waals surface area (Å²) in [4.78, 5) is 4.89. The lowest BCUT2D eigenvalue weighted by Crippen LogP contribution is -2.60. The van der Waals surface area contributed by atoms with E-state index in [2.05, 4.69) is 213 Å². The van der Waals surface area contributed by atoms with Gasteiger partial charge >= 0.3 is 0 Å². The first-order valence-corrected chi connectivity index (χ1v) is 18.8. The minimum atomic E-state index is -0.106. The molecule has 0 atom stereocenters. The van der Waals surface area contributed by atoms with Crippen LogP contribution in [0.2, 0.25) is 0 Å². The second-order valence-corrected chi connectivity index (χ2v) is 15.4. The molecule has 2 aliphatic rings. The van der Waals surface area contributed by atoms with E-state index >= 15 is 0 Å². The van der Waals surface area contributed by atoms with Crippen LogP contribution in [0, 0.1) is 0 Å². The average Bonchev–Trinajstić information content (AvgIpc) is 3.21. The molecule has 258 valence electrons. The number of para-hydroxylation sites is 3. The van der Waals surface area contributed by atoms with E-state index in [4.69, 9.17) is 4.74 Å². The molecule has 0 fully saturated rings. The second-order valence-electron chi connectivity index (χ2n) is 15.4. The van der Waals surface area contributed by atoms with E-state index in [1.165, 1.54) is 44.0 Å². The first kappa shape index (κ1) is 32.2. The largest absolute Gasteiger partial charge is 0.458 e. The number of benzene rings is 8. The summed E-state index contributed by atoms with van der Waals surface area (Å²) in [6.07, 6.45) is 0. The van der Waals surface area contributed by atoms with Gasteiger partial charge in [-0.05, 0) is 105 Å². The van der Waals surface area contributed by atoms with Crippen molar-refractivity contribution in [3.8, 4) is 22.6 Å². The lowest BCUT2D eigenvalue weighted by molar-refractivity contribution is 0.483. The van der Waals surface area contributed by atoms with Crippen LogP contribution in [0.3, 0.4) is 0 Å². The molecule has 0 N–H and O–H groups in total. The highest BCUT2D eigenvalue weighted by atomic mass is 16.5. The van der Waals surface area contributed by atoms with Crippen molar-refractivity contribution in [2.75, 3.05) is 9.80 Å². The molecule has 0 radical (unpaired) electrons. The number of hydrogen-bond donors (Lipinski definition) is 0. The predicted octanol–water partition coefficient (Wildman–Crippen LogP) is 11.7. The molecule has 54 heavy (non-hydrogen) atoms. The van der Waals surface area contributed by atoms with Crippen LogP contribution >= 0.6 is 0 Å². The van der Waals surface area contributed by atoms with Gasteiger partial charge in [-0.25, -0.2) is 0 Å². The topological polar surface area (TPSA) is 15.7 Å². The molecular weight excluding hydrogens is 655 g/mol. The zero-order chi connectivity index (χ0) is 36.4. The normalized spacial score (nSPS) is 12.8. The van der Waals surface area contributed by atoms with Crippen LogP contribution in [-0.2, 0) is 5.41 Å². The average molecular weight is 695 g/mol. The van der Waals surface area contributed by atoms with E-state index in [1.807, 2.05) is 0 Å². The zero-order valence-corrected chi connectivity index (χ0v) is 30.7. The Morgan fingerprint density at radius 2 is 1.07 bits per heavy atom. The second kappa shape index (κ2) is 12.6. The van der Waals surface area contributed by atoms with Crippen molar-refractivity contribution in [2.24, 2.45) is 0 Å². The molecule has 0 bridgehead atoms. The van der Waals surface area contributed by atoms with Gasteiger partial charge in [-0.3, -0.25) is 0 Å². The number of nitrogens with zero attached hydrogens (tertiary/aromatic N) is 2. The van der Waals surface area contributed by atoms with E-state index in [0.29, 0.717) is 0 Å². The fourth-order valence-corrected chi connectivity index (χ4v) is 8.45. The Morgan fingerprint density at radius 3 is 1.72 bits per heavy atom. The lowest BCUT2D eigenvalue weighted by Gasteiger charge is -2.42. The van der Waals surface area contributed by atoms with Crippen molar-refractivity contribution < 1.29 is 4.74 Å². The summed E-state index contributed by atoms with van der Waals surface area (Å²) >= 11 is 0. The molecule has 8 aromatic carbocycles. The van der Waals surface area contributed by atoms with Gasteiger partial charge in [0.25, 0.3) is 6.71 Å². The van der Waals surface area contributed by atoms with Gasteiger partial charge < -0.3 is 14.5 Å². The van der Waals surface area contributed by atoms with Gasteiger partial charge in [0.15, 0.2) is 0 Å². The van der Waals surface area contributed by atoms with E-state index < -0.39 is 0 Å². The maximum atomic E-state index is 7.08. The van der Waals surface area contributed by atoms with Crippen LogP contribution in [0.15, 0.2) is 182 Å². The minimum Gasteiger partial charge on any atom is -0.458 e. The first-order chi connectivity index (χ1) is 26.4. The van der Waals surface area contributed by atoms with Crippen LogP contribution in [0.1, 0.15) is 26.3 Å². The van der Waals surface area contributed by atoms with Gasteiger partial charge in [-0.1, -0.05) is 142 Å². The fraction of sp³-hybridized carbons (Fsp3) is 0.0800. The number of rotatable bonds is 5. The summed E-state index contributed by atoms with van der Waals surface area (Å²) in [5.41, 5.74) is 13.9.